The van der Waals surface area contributed by atoms with Gasteiger partial charge in [0, 0.05) is 17.7 Å². The summed E-state index contributed by atoms with van der Waals surface area (Å²) in [5.74, 6) is 6.15. The lowest BCUT2D eigenvalue weighted by molar-refractivity contribution is 0.104. The van der Waals surface area contributed by atoms with Crippen molar-refractivity contribution in [3.8, 4) is 40.6 Å². The number of ether oxygens (including phenoxy) is 4. The number of carbonyl (C=O) groups is 1. The van der Waals surface area contributed by atoms with Gasteiger partial charge in [0.05, 0.1) is 14.2 Å². The van der Waals surface area contributed by atoms with E-state index in [4.69, 9.17) is 18.9 Å². The van der Waals surface area contributed by atoms with Gasteiger partial charge < -0.3 is 24.1 Å². The summed E-state index contributed by atoms with van der Waals surface area (Å²) in [5.41, 5.74) is 2.40. The van der Waals surface area contributed by atoms with Gasteiger partial charge in [-0.25, -0.2) is 0 Å². The molecule has 0 aliphatic heterocycles. The highest BCUT2D eigenvalue weighted by Crippen LogP contribution is 2.35. The molecule has 0 spiro atoms. The Hall–Kier alpha value is -4.89. The minimum absolute atomic E-state index is 0.0315. The summed E-state index contributed by atoms with van der Waals surface area (Å²) in [6, 6.07) is 27.3. The summed E-state index contributed by atoms with van der Waals surface area (Å²) in [7, 11) is 3.07. The van der Waals surface area contributed by atoms with Crippen LogP contribution in [-0.2, 0) is 13.2 Å². The van der Waals surface area contributed by atoms with Gasteiger partial charge in [0.1, 0.15) is 36.0 Å². The van der Waals surface area contributed by atoms with Crippen molar-refractivity contribution in [3.05, 3.63) is 113 Å². The molecule has 0 unspecified atom stereocenters. The fourth-order valence-corrected chi connectivity index (χ4v) is 3.58. The molecule has 0 atom stereocenters. The van der Waals surface area contributed by atoms with E-state index < -0.39 is 5.78 Å². The number of hydrogen-bond acceptors (Lipinski definition) is 6. The highest BCUT2D eigenvalue weighted by molar-refractivity contribution is 6.13. The minimum Gasteiger partial charge on any atom is -0.507 e. The van der Waals surface area contributed by atoms with E-state index in [2.05, 4.69) is 11.8 Å². The highest BCUT2D eigenvalue weighted by Gasteiger charge is 2.19. The summed E-state index contributed by atoms with van der Waals surface area (Å²) < 4.78 is 22.4. The summed E-state index contributed by atoms with van der Waals surface area (Å²) in [4.78, 5) is 13.1. The molecule has 0 aliphatic rings. The number of methoxy groups -OCH3 is 2. The Morgan fingerprint density at radius 3 is 1.97 bits per heavy atom. The number of hydrogen-bond donors (Lipinski definition) is 1. The quantitative estimate of drug-likeness (QED) is 0.234. The third-order valence-electron chi connectivity index (χ3n) is 5.47. The first-order chi connectivity index (χ1) is 18.1. The molecule has 4 rings (SSSR count). The molecule has 37 heavy (non-hydrogen) atoms. The van der Waals surface area contributed by atoms with E-state index in [1.807, 2.05) is 60.7 Å². The largest absolute Gasteiger partial charge is 0.507 e. The van der Waals surface area contributed by atoms with Gasteiger partial charge in [-0.2, -0.15) is 0 Å². The fraction of sp³-hybridized carbons (Fsp3) is 0.129. The molecule has 0 amide bonds. The zero-order chi connectivity index (χ0) is 26.0. The van der Waals surface area contributed by atoms with E-state index in [-0.39, 0.29) is 23.7 Å². The van der Waals surface area contributed by atoms with Crippen molar-refractivity contribution in [3.63, 3.8) is 0 Å². The number of phenolic OH excluding ortho intramolecular Hbond substituents is 1. The zero-order valence-electron chi connectivity index (χ0n) is 20.6. The molecule has 6 heteroatoms. The topological polar surface area (TPSA) is 74.2 Å². The van der Waals surface area contributed by atoms with Gasteiger partial charge >= 0.3 is 0 Å². The first kappa shape index (κ1) is 25.2. The molecule has 4 aromatic carbocycles. The molecule has 0 radical (unpaired) electrons. The Morgan fingerprint density at radius 1 is 0.730 bits per heavy atom. The van der Waals surface area contributed by atoms with E-state index in [1.165, 1.54) is 13.2 Å². The molecule has 1 N–H and O–H groups in total. The lowest BCUT2D eigenvalue weighted by Crippen LogP contribution is -2.05. The van der Waals surface area contributed by atoms with Crippen LogP contribution >= 0.6 is 0 Å². The van der Waals surface area contributed by atoms with E-state index in [1.54, 1.807) is 31.4 Å². The molecule has 0 saturated carbocycles. The minimum atomic E-state index is -0.593. The summed E-state index contributed by atoms with van der Waals surface area (Å²) in [6.45, 7) is 0.497. The van der Waals surface area contributed by atoms with Crippen LogP contribution in [0.25, 0.3) is 0 Å². The molecular formula is C31H26O6. The zero-order valence-corrected chi connectivity index (χ0v) is 20.6. The van der Waals surface area contributed by atoms with Crippen molar-refractivity contribution in [1.82, 2.24) is 0 Å². The number of carbonyl (C=O) groups excluding carboxylic acids is 1. The average molecular weight is 495 g/mol. The van der Waals surface area contributed by atoms with Crippen molar-refractivity contribution in [2.24, 2.45) is 0 Å². The first-order valence-electron chi connectivity index (χ1n) is 11.6. The summed E-state index contributed by atoms with van der Waals surface area (Å²) in [5, 5.41) is 10.8. The van der Waals surface area contributed by atoms with Crippen molar-refractivity contribution >= 4 is 5.78 Å². The van der Waals surface area contributed by atoms with Crippen molar-refractivity contribution in [1.29, 1.82) is 0 Å². The summed E-state index contributed by atoms with van der Waals surface area (Å²) >= 11 is 0. The van der Waals surface area contributed by atoms with Crippen LogP contribution in [0.1, 0.15) is 27.0 Å². The standard InChI is InChI=1S/C31H26O6/c1-34-28-16-14-22(17-29(28)35-2)13-15-26(32)31-27(33)18-25(36-20-23-9-5-3-6-10-23)19-30(31)37-21-24-11-7-4-8-12-24/h3-12,14,16-19,33H,20-21H2,1-2H3. The smallest absolute Gasteiger partial charge is 0.243 e. The molecule has 0 fully saturated rings. The number of ketones is 1. The molecule has 0 heterocycles. The highest BCUT2D eigenvalue weighted by atomic mass is 16.5. The molecule has 0 bridgehead atoms. The maximum atomic E-state index is 13.1. The number of aromatic hydroxyl groups is 1. The average Bonchev–Trinajstić information content (AvgIpc) is 2.94. The normalized spacial score (nSPS) is 10.1. The van der Waals surface area contributed by atoms with Crippen LogP contribution in [0.5, 0.6) is 28.7 Å². The lowest BCUT2D eigenvalue weighted by atomic mass is 10.1. The third-order valence-corrected chi connectivity index (χ3v) is 5.47. The Bertz CT molecular complexity index is 1420. The maximum Gasteiger partial charge on any atom is 0.243 e. The Balaban J connectivity index is 1.62. The van der Waals surface area contributed by atoms with Gasteiger partial charge in [-0.05, 0) is 35.2 Å². The van der Waals surface area contributed by atoms with Crippen molar-refractivity contribution in [2.75, 3.05) is 14.2 Å². The van der Waals surface area contributed by atoms with E-state index >= 15 is 0 Å². The first-order valence-corrected chi connectivity index (χ1v) is 11.6. The Kier molecular flexibility index (Phi) is 8.30. The van der Waals surface area contributed by atoms with Crippen LogP contribution < -0.4 is 18.9 Å². The van der Waals surface area contributed by atoms with E-state index in [9.17, 15) is 9.90 Å². The van der Waals surface area contributed by atoms with Gasteiger partial charge in [0.2, 0.25) is 5.78 Å². The van der Waals surface area contributed by atoms with E-state index in [0.29, 0.717) is 29.4 Å². The molecule has 0 saturated heterocycles. The second-order valence-corrected chi connectivity index (χ2v) is 8.01. The summed E-state index contributed by atoms with van der Waals surface area (Å²) in [6.07, 6.45) is 0. The van der Waals surface area contributed by atoms with Gasteiger partial charge in [0.25, 0.3) is 0 Å². The van der Waals surface area contributed by atoms with Crippen LogP contribution in [0.2, 0.25) is 0 Å². The van der Waals surface area contributed by atoms with Crippen LogP contribution in [0.3, 0.4) is 0 Å². The van der Waals surface area contributed by atoms with Gasteiger partial charge in [-0.1, -0.05) is 66.6 Å². The van der Waals surface area contributed by atoms with Gasteiger partial charge in [-0.3, -0.25) is 4.79 Å². The fourth-order valence-electron chi connectivity index (χ4n) is 3.58. The number of benzene rings is 4. The van der Waals surface area contributed by atoms with Crippen LogP contribution in [0.15, 0.2) is 91.0 Å². The molecule has 0 aliphatic carbocycles. The second-order valence-electron chi connectivity index (χ2n) is 8.01. The molecule has 186 valence electrons. The second kappa shape index (κ2) is 12.2. The molecular weight excluding hydrogens is 468 g/mol. The lowest BCUT2D eigenvalue weighted by Gasteiger charge is -2.14. The van der Waals surface area contributed by atoms with E-state index in [0.717, 1.165) is 11.1 Å². The van der Waals surface area contributed by atoms with Crippen molar-refractivity contribution < 1.29 is 28.8 Å². The SMILES string of the molecule is COc1ccc(C#CC(=O)c2c(O)cc(OCc3ccccc3)cc2OCc2ccccc2)cc1OC. The predicted molar refractivity (Wildman–Crippen MR) is 140 cm³/mol. The number of Topliss-reactive ketones (excluding diaryl/α,β-unsaturated/α-hetero) is 1. The predicted octanol–water partition coefficient (Wildman–Crippen LogP) is 5.80. The number of rotatable bonds is 9. The van der Waals surface area contributed by atoms with Crippen LogP contribution in [-0.4, -0.2) is 25.1 Å². The van der Waals surface area contributed by atoms with Gasteiger partial charge in [0.15, 0.2) is 11.5 Å². The molecule has 0 aromatic heterocycles. The maximum absolute atomic E-state index is 13.1. The monoisotopic (exact) mass is 494 g/mol. The van der Waals surface area contributed by atoms with Crippen LogP contribution in [0.4, 0.5) is 0 Å². The number of phenols is 1. The Morgan fingerprint density at radius 2 is 1.35 bits per heavy atom. The molecule has 4 aromatic rings. The van der Waals surface area contributed by atoms with Crippen molar-refractivity contribution in [2.45, 2.75) is 13.2 Å². The third kappa shape index (κ3) is 6.62. The Labute approximate surface area is 216 Å². The van der Waals surface area contributed by atoms with Gasteiger partial charge in [-0.15, -0.1) is 0 Å². The van der Waals surface area contributed by atoms with Crippen LogP contribution in [0, 0.1) is 11.8 Å². The molecule has 6 nitrogen and oxygen atoms in total.